The van der Waals surface area contributed by atoms with E-state index in [4.69, 9.17) is 9.26 Å². The van der Waals surface area contributed by atoms with Gasteiger partial charge < -0.3 is 14.6 Å². The van der Waals surface area contributed by atoms with Crippen LogP contribution in [0.5, 0.6) is 0 Å². The number of hydrogen-bond acceptors (Lipinski definition) is 4. The van der Waals surface area contributed by atoms with Crippen LogP contribution in [0.25, 0.3) is 0 Å². The Bertz CT molecular complexity index is 592. The first-order valence-electron chi connectivity index (χ1n) is 7.69. The molecule has 0 fully saturated rings. The molecule has 0 saturated heterocycles. The highest BCUT2D eigenvalue weighted by molar-refractivity contribution is 5.24. The van der Waals surface area contributed by atoms with Crippen molar-refractivity contribution in [2.24, 2.45) is 0 Å². The topological polar surface area (TPSA) is 47.3 Å². The number of nitrogens with zero attached hydrogens (tertiary/aromatic N) is 1. The van der Waals surface area contributed by atoms with Gasteiger partial charge in [0.15, 0.2) is 0 Å². The standard InChI is InChI=1S/C18H26N2O2/c1-13-17(14(2)22-20-13)11-19-10-15-7-6-8-16(9-15)12-21-18(3,4)5/h6-9,19H,10-12H2,1-5H3. The molecule has 0 spiro atoms. The molecule has 1 N–H and O–H groups in total. The molecule has 2 rings (SSSR count). The van der Waals surface area contributed by atoms with Crippen molar-refractivity contribution in [2.45, 2.75) is 59.9 Å². The van der Waals surface area contributed by atoms with E-state index in [9.17, 15) is 0 Å². The molecule has 0 aliphatic carbocycles. The number of hydrogen-bond donors (Lipinski definition) is 1. The quantitative estimate of drug-likeness (QED) is 0.879. The fourth-order valence-corrected chi connectivity index (χ4v) is 2.22. The van der Waals surface area contributed by atoms with Crippen LogP contribution in [0.3, 0.4) is 0 Å². The molecule has 0 aliphatic heterocycles. The van der Waals surface area contributed by atoms with Gasteiger partial charge in [-0.2, -0.15) is 0 Å². The van der Waals surface area contributed by atoms with Crippen LogP contribution < -0.4 is 5.32 Å². The van der Waals surface area contributed by atoms with Crippen LogP contribution in [0.2, 0.25) is 0 Å². The Morgan fingerprint density at radius 3 is 2.50 bits per heavy atom. The molecule has 0 bridgehead atoms. The zero-order chi connectivity index (χ0) is 16.2. The molecule has 0 saturated carbocycles. The number of nitrogens with one attached hydrogen (secondary N) is 1. The Morgan fingerprint density at radius 1 is 1.14 bits per heavy atom. The summed E-state index contributed by atoms with van der Waals surface area (Å²) in [5.41, 5.74) is 4.44. The lowest BCUT2D eigenvalue weighted by molar-refractivity contribution is -0.0149. The Morgan fingerprint density at radius 2 is 1.86 bits per heavy atom. The normalized spacial score (nSPS) is 11.9. The Labute approximate surface area is 132 Å². The average molecular weight is 302 g/mol. The predicted octanol–water partition coefficient (Wildman–Crippen LogP) is 3.90. The summed E-state index contributed by atoms with van der Waals surface area (Å²) in [5, 5.41) is 7.42. The molecular weight excluding hydrogens is 276 g/mol. The molecular formula is C18H26N2O2. The van der Waals surface area contributed by atoms with E-state index in [-0.39, 0.29) is 5.60 Å². The minimum atomic E-state index is -0.114. The van der Waals surface area contributed by atoms with Gasteiger partial charge in [0.2, 0.25) is 0 Å². The molecule has 0 atom stereocenters. The van der Waals surface area contributed by atoms with Gasteiger partial charge in [0, 0.05) is 18.7 Å². The lowest BCUT2D eigenvalue weighted by atomic mass is 10.1. The summed E-state index contributed by atoms with van der Waals surface area (Å²) in [6, 6.07) is 8.49. The third-order valence-corrected chi connectivity index (χ3v) is 3.48. The Kier molecular flexibility index (Phi) is 5.37. The molecule has 0 unspecified atom stereocenters. The van der Waals surface area contributed by atoms with E-state index >= 15 is 0 Å². The van der Waals surface area contributed by atoms with E-state index < -0.39 is 0 Å². The molecule has 1 heterocycles. The first-order valence-corrected chi connectivity index (χ1v) is 7.69. The first-order chi connectivity index (χ1) is 10.3. The fraction of sp³-hybridized carbons (Fsp3) is 0.500. The third-order valence-electron chi connectivity index (χ3n) is 3.48. The van der Waals surface area contributed by atoms with Gasteiger partial charge >= 0.3 is 0 Å². The van der Waals surface area contributed by atoms with Crippen LogP contribution in [-0.4, -0.2) is 10.8 Å². The van der Waals surface area contributed by atoms with E-state index in [0.29, 0.717) is 6.61 Å². The van der Waals surface area contributed by atoms with Crippen molar-refractivity contribution in [3.63, 3.8) is 0 Å². The van der Waals surface area contributed by atoms with E-state index in [1.165, 1.54) is 11.1 Å². The van der Waals surface area contributed by atoms with Crippen LogP contribution in [0, 0.1) is 13.8 Å². The molecule has 2 aromatic rings. The van der Waals surface area contributed by atoms with Gasteiger partial charge in [-0.3, -0.25) is 0 Å². The molecule has 0 radical (unpaired) electrons. The second kappa shape index (κ2) is 7.07. The lowest BCUT2D eigenvalue weighted by Crippen LogP contribution is -2.19. The van der Waals surface area contributed by atoms with Crippen LogP contribution >= 0.6 is 0 Å². The predicted molar refractivity (Wildman–Crippen MR) is 87.5 cm³/mol. The van der Waals surface area contributed by atoms with Crippen LogP contribution in [0.15, 0.2) is 28.8 Å². The van der Waals surface area contributed by atoms with Gasteiger partial charge in [-0.05, 0) is 45.7 Å². The number of rotatable bonds is 6. The highest BCUT2D eigenvalue weighted by atomic mass is 16.5. The van der Waals surface area contributed by atoms with Crippen molar-refractivity contribution in [2.75, 3.05) is 0 Å². The van der Waals surface area contributed by atoms with Gasteiger partial charge in [-0.1, -0.05) is 29.4 Å². The highest BCUT2D eigenvalue weighted by Gasteiger charge is 2.10. The molecule has 22 heavy (non-hydrogen) atoms. The van der Waals surface area contributed by atoms with Crippen molar-refractivity contribution in [1.82, 2.24) is 10.5 Å². The van der Waals surface area contributed by atoms with E-state index in [2.05, 4.69) is 55.5 Å². The molecule has 1 aromatic carbocycles. The maximum atomic E-state index is 5.82. The van der Waals surface area contributed by atoms with Crippen molar-refractivity contribution < 1.29 is 9.26 Å². The first kappa shape index (κ1) is 16.7. The van der Waals surface area contributed by atoms with Gasteiger partial charge in [0.1, 0.15) is 5.76 Å². The molecule has 4 heteroatoms. The highest BCUT2D eigenvalue weighted by Crippen LogP contribution is 2.14. The Balaban J connectivity index is 1.88. The van der Waals surface area contributed by atoms with Crippen LogP contribution in [-0.2, 0) is 24.4 Å². The fourth-order valence-electron chi connectivity index (χ4n) is 2.22. The Hall–Kier alpha value is -1.65. The number of aromatic nitrogens is 1. The number of aryl methyl sites for hydroxylation is 2. The summed E-state index contributed by atoms with van der Waals surface area (Å²) in [4.78, 5) is 0. The zero-order valence-corrected chi connectivity index (χ0v) is 14.2. The molecule has 1 aromatic heterocycles. The minimum absolute atomic E-state index is 0.114. The summed E-state index contributed by atoms with van der Waals surface area (Å²) in [6.45, 7) is 12.4. The lowest BCUT2D eigenvalue weighted by Gasteiger charge is -2.19. The second-order valence-electron chi connectivity index (χ2n) is 6.63. The van der Waals surface area contributed by atoms with Crippen molar-refractivity contribution >= 4 is 0 Å². The molecule has 0 aliphatic rings. The van der Waals surface area contributed by atoms with Crippen molar-refractivity contribution in [3.8, 4) is 0 Å². The van der Waals surface area contributed by atoms with E-state index in [1.54, 1.807) is 0 Å². The van der Waals surface area contributed by atoms with Gasteiger partial charge in [0.05, 0.1) is 17.9 Å². The average Bonchev–Trinajstić information content (AvgIpc) is 2.77. The number of benzene rings is 1. The van der Waals surface area contributed by atoms with Crippen molar-refractivity contribution in [3.05, 3.63) is 52.4 Å². The van der Waals surface area contributed by atoms with Gasteiger partial charge in [0.25, 0.3) is 0 Å². The van der Waals surface area contributed by atoms with E-state index in [1.807, 2.05) is 13.8 Å². The SMILES string of the molecule is Cc1noc(C)c1CNCc1cccc(COC(C)(C)C)c1. The second-order valence-corrected chi connectivity index (χ2v) is 6.63. The maximum absolute atomic E-state index is 5.82. The molecule has 4 nitrogen and oxygen atoms in total. The largest absolute Gasteiger partial charge is 0.371 e. The van der Waals surface area contributed by atoms with E-state index in [0.717, 1.165) is 30.1 Å². The van der Waals surface area contributed by atoms with Crippen molar-refractivity contribution in [1.29, 1.82) is 0 Å². The maximum Gasteiger partial charge on any atom is 0.138 e. The van der Waals surface area contributed by atoms with Gasteiger partial charge in [-0.15, -0.1) is 0 Å². The molecule has 0 amide bonds. The summed E-state index contributed by atoms with van der Waals surface area (Å²) >= 11 is 0. The summed E-state index contributed by atoms with van der Waals surface area (Å²) in [7, 11) is 0. The monoisotopic (exact) mass is 302 g/mol. The van der Waals surface area contributed by atoms with Gasteiger partial charge in [-0.25, -0.2) is 0 Å². The minimum Gasteiger partial charge on any atom is -0.371 e. The molecule has 120 valence electrons. The smallest absolute Gasteiger partial charge is 0.138 e. The zero-order valence-electron chi connectivity index (χ0n) is 14.2. The summed E-state index contributed by atoms with van der Waals surface area (Å²) in [5.74, 6) is 0.886. The summed E-state index contributed by atoms with van der Waals surface area (Å²) in [6.07, 6.45) is 0. The third kappa shape index (κ3) is 4.97. The van der Waals surface area contributed by atoms with Crippen LogP contribution in [0.1, 0.15) is 48.9 Å². The van der Waals surface area contributed by atoms with Crippen LogP contribution in [0.4, 0.5) is 0 Å². The number of ether oxygens (including phenoxy) is 1. The summed E-state index contributed by atoms with van der Waals surface area (Å²) < 4.78 is 11.0.